The number of carboxylic acids is 1. The van der Waals surface area contributed by atoms with Crippen molar-refractivity contribution in [1.29, 1.82) is 0 Å². The predicted octanol–water partition coefficient (Wildman–Crippen LogP) is 2.76. The Morgan fingerprint density at radius 3 is 0.969 bits per heavy atom. The van der Waals surface area contributed by atoms with E-state index in [-0.39, 0.29) is 61.2 Å². The number of aliphatic carboxylic acids is 1. The molecule has 0 fully saturated rings. The van der Waals surface area contributed by atoms with Gasteiger partial charge in [0.1, 0.15) is 0 Å². The maximum absolute atomic E-state index is 14.2. The van der Waals surface area contributed by atoms with Crippen molar-refractivity contribution in [2.75, 3.05) is 5.88 Å². The molecule has 0 unspecified atom stereocenters. The van der Waals surface area contributed by atoms with Crippen molar-refractivity contribution in [3.05, 3.63) is 149 Å². The second kappa shape index (κ2) is 35.9. The van der Waals surface area contributed by atoms with Crippen LogP contribution in [0.2, 0.25) is 0 Å². The Balaban J connectivity index is -0.000000470. The molecule has 5 aromatic rings. The Kier molecular flexibility index (Phi) is 38.5. The van der Waals surface area contributed by atoms with E-state index in [0.717, 1.165) is 39.5 Å². The molecule has 4 aromatic heterocycles. The van der Waals surface area contributed by atoms with E-state index in [0.29, 0.717) is 39.3 Å². The number of hydrogen-bond acceptors (Lipinski definition) is 11. The van der Waals surface area contributed by atoms with Gasteiger partial charge in [-0.2, -0.15) is 0 Å². The summed E-state index contributed by atoms with van der Waals surface area (Å²) in [5.41, 5.74) is 6.39. The summed E-state index contributed by atoms with van der Waals surface area (Å²) >= 11 is 4.67. The second-order valence-corrected chi connectivity index (χ2v) is 13.7. The SMILES string of the molecule is CC(C)(C)c1cc(CN(Cc2ccccn2)Cc2ccccn2)c([O-])c(CN(Cc2ccccn2)Cc2ccccn2)c1.F[B-](F)(F)F.F[B-](F)(F)F.O.O.O.O=C([O-])CCl.[Co+3].[Co+3].[O-][O-]. The van der Waals surface area contributed by atoms with Crippen LogP contribution in [0.25, 0.3) is 0 Å². The van der Waals surface area contributed by atoms with Gasteiger partial charge in [-0.3, -0.25) is 29.7 Å². The maximum Gasteiger partial charge on any atom is 3.00 e. The van der Waals surface area contributed by atoms with Crippen LogP contribution in [0.1, 0.15) is 60.2 Å². The molecule has 364 valence electrons. The molecule has 6 N–H and O–H groups in total. The average Bonchev–Trinajstić information content (AvgIpc) is 3.17. The van der Waals surface area contributed by atoms with Crippen LogP contribution in [-0.4, -0.2) is 72.5 Å². The summed E-state index contributed by atoms with van der Waals surface area (Å²) in [5.74, 6) is -1.57. The Labute approximate surface area is 396 Å². The normalized spacial score (nSPS) is 10.3. The monoisotopic (exact) mass is 1040 g/mol. The fourth-order valence-corrected chi connectivity index (χ4v) is 5.12. The molecule has 0 aliphatic rings. The molecule has 27 heteroatoms. The summed E-state index contributed by atoms with van der Waals surface area (Å²) in [7, 11) is -12.0. The van der Waals surface area contributed by atoms with Crippen LogP contribution in [0.15, 0.2) is 110 Å². The van der Waals surface area contributed by atoms with Crippen molar-refractivity contribution in [3.8, 4) is 5.75 Å². The van der Waals surface area contributed by atoms with Crippen molar-refractivity contribution in [3.63, 3.8) is 0 Å². The minimum Gasteiger partial charge on any atom is -1.00 e. The van der Waals surface area contributed by atoms with E-state index >= 15 is 0 Å². The molecule has 14 nitrogen and oxygen atoms in total. The van der Waals surface area contributed by atoms with Crippen molar-refractivity contribution in [2.24, 2.45) is 0 Å². The van der Waals surface area contributed by atoms with Crippen LogP contribution in [0, 0.1) is 0 Å². The number of pyridine rings is 4. The Hall–Kier alpha value is -4.32. The number of nitrogens with zero attached hydrogens (tertiary/aromatic N) is 6. The number of aromatic nitrogens is 4. The maximum atomic E-state index is 14.2. The standard InChI is InChI=1S/C36H40N6O.C2H3ClO2.2BF4.2Co.O2.3H2O/c1-36(2,3)30-20-28(22-41(24-31-12-4-8-16-37-31)25-32-13-5-9-17-38-32)35(43)29(21-30)23-42(26-33-14-6-10-18-39-33)27-34-15-7-11-19-40-34;3-1-2(4)5;2*2-1(3,4)5;;;1-2;;;/h4-21,43H,22-27H2,1-3H3;1H2,(H,4,5);;;;;;3*1H2/q;;2*-1;2*+3;-2;;;/p-2. The molecule has 4 heterocycles. The van der Waals surface area contributed by atoms with Gasteiger partial charge < -0.3 is 76.5 Å². The van der Waals surface area contributed by atoms with Crippen LogP contribution in [0.5, 0.6) is 5.75 Å². The third-order valence-corrected chi connectivity index (χ3v) is 7.67. The Morgan fingerprint density at radius 2 is 0.800 bits per heavy atom. The summed E-state index contributed by atoms with van der Waals surface area (Å²) in [6.07, 6.45) is 7.24. The van der Waals surface area contributed by atoms with Gasteiger partial charge in [0.15, 0.2) is 0 Å². The smallest absolute Gasteiger partial charge is 1.00 e. The summed E-state index contributed by atoms with van der Waals surface area (Å²) in [6, 6.07) is 27.9. The molecule has 0 amide bonds. The molecule has 0 aliphatic carbocycles. The second-order valence-electron chi connectivity index (χ2n) is 13.4. The molecule has 0 saturated carbocycles. The van der Waals surface area contributed by atoms with Crippen LogP contribution in [-0.2, 0) is 83.0 Å². The largest absolute Gasteiger partial charge is 3.00 e. The van der Waals surface area contributed by atoms with Gasteiger partial charge in [-0.1, -0.05) is 62.9 Å². The van der Waals surface area contributed by atoms with Gasteiger partial charge in [-0.05, 0) is 70.6 Å². The van der Waals surface area contributed by atoms with Crippen LogP contribution >= 0.6 is 11.6 Å². The zero-order valence-electron chi connectivity index (χ0n) is 34.8. The van der Waals surface area contributed by atoms with Crippen LogP contribution in [0.3, 0.4) is 0 Å². The van der Waals surface area contributed by atoms with Crippen LogP contribution in [0.4, 0.5) is 34.5 Å². The number of carboxylic acid groups (broad SMARTS) is 1. The molecule has 0 spiro atoms. The fraction of sp³-hybridized carbons (Fsp3) is 0.289. The summed E-state index contributed by atoms with van der Waals surface area (Å²) in [5, 5.41) is 37.3. The van der Waals surface area contributed by atoms with Gasteiger partial charge in [0.05, 0.1) is 34.6 Å². The summed E-state index contributed by atoms with van der Waals surface area (Å²) in [6.45, 7) is 9.99. The minimum absolute atomic E-state index is 0. The first-order valence-corrected chi connectivity index (χ1v) is 18.2. The Morgan fingerprint density at radius 1 is 0.569 bits per heavy atom. The number of benzene rings is 1. The van der Waals surface area contributed by atoms with Gasteiger partial charge in [0.25, 0.3) is 0 Å². The van der Waals surface area contributed by atoms with E-state index in [1.54, 1.807) is 0 Å². The van der Waals surface area contributed by atoms with Crippen molar-refractivity contribution < 1.29 is 110 Å². The van der Waals surface area contributed by atoms with Crippen molar-refractivity contribution >= 4 is 32.1 Å². The molecule has 0 atom stereocenters. The first kappa shape index (κ1) is 69.7. The molecule has 5 rings (SSSR count). The number of carbonyl (C=O) groups is 1. The van der Waals surface area contributed by atoms with Crippen molar-refractivity contribution in [1.82, 2.24) is 29.7 Å². The molecule has 0 aliphatic heterocycles. The number of rotatable bonds is 13. The van der Waals surface area contributed by atoms with E-state index < -0.39 is 26.4 Å². The van der Waals surface area contributed by atoms with E-state index in [2.05, 4.69) is 74.2 Å². The number of halogens is 9. The zero-order chi connectivity index (χ0) is 45.4. The first-order chi connectivity index (χ1) is 28.1. The molecular formula is C38H47B2ClCo2F8N6O8. The van der Waals surface area contributed by atoms with Crippen molar-refractivity contribution in [2.45, 2.75) is 65.5 Å². The van der Waals surface area contributed by atoms with E-state index in [1.165, 1.54) is 0 Å². The zero-order valence-corrected chi connectivity index (χ0v) is 37.6. The Bertz CT molecular complexity index is 1730. The third kappa shape index (κ3) is 34.7. The summed E-state index contributed by atoms with van der Waals surface area (Å²) in [4.78, 5) is 31.9. The summed E-state index contributed by atoms with van der Waals surface area (Å²) < 4.78 is 78.0. The van der Waals surface area contributed by atoms with E-state index in [1.807, 2.05) is 97.6 Å². The number of hydrogen-bond donors (Lipinski definition) is 0. The molecular weight excluding hydrogens is 995 g/mol. The van der Waals surface area contributed by atoms with Crippen LogP contribution < -0.4 is 20.7 Å². The third-order valence-electron chi connectivity index (χ3n) is 7.45. The van der Waals surface area contributed by atoms with Gasteiger partial charge in [-0.15, -0.1) is 11.6 Å². The quantitative estimate of drug-likeness (QED) is 0.0544. The minimum atomic E-state index is -6.00. The van der Waals surface area contributed by atoms with E-state index in [9.17, 15) is 39.6 Å². The van der Waals surface area contributed by atoms with Gasteiger partial charge >= 0.3 is 48.1 Å². The van der Waals surface area contributed by atoms with Gasteiger partial charge in [-0.25, -0.2) is 0 Å². The average molecular weight is 1040 g/mol. The van der Waals surface area contributed by atoms with Gasteiger partial charge in [0.2, 0.25) is 0 Å². The predicted molar refractivity (Wildman–Crippen MR) is 214 cm³/mol. The molecule has 1 aromatic carbocycles. The molecule has 0 saturated heterocycles. The first-order valence-electron chi connectivity index (χ1n) is 17.7. The van der Waals surface area contributed by atoms with E-state index in [4.69, 9.17) is 20.4 Å². The molecule has 65 heavy (non-hydrogen) atoms. The fourth-order valence-electron chi connectivity index (χ4n) is 5.12. The number of alkyl halides is 1. The molecule has 0 radical (unpaired) electrons. The van der Waals surface area contributed by atoms with Gasteiger partial charge in [0, 0.05) is 64.1 Å². The molecule has 0 bridgehead atoms. The topological polar surface area (TPSA) is 262 Å². The number of carbonyl (C=O) groups excluding carboxylic acids is 1.